The summed E-state index contributed by atoms with van der Waals surface area (Å²) in [6.45, 7) is 4.81. The van der Waals surface area contributed by atoms with Gasteiger partial charge in [0.25, 0.3) is 5.91 Å². The first-order valence-corrected chi connectivity index (χ1v) is 11.6. The van der Waals surface area contributed by atoms with Gasteiger partial charge in [0.1, 0.15) is 5.82 Å². The van der Waals surface area contributed by atoms with Gasteiger partial charge in [-0.25, -0.2) is 9.18 Å². The van der Waals surface area contributed by atoms with Crippen LogP contribution in [-0.4, -0.2) is 28.1 Å². The molecular weight excluding hydrogens is 437 g/mol. The molecule has 7 heteroatoms. The normalized spacial score (nSPS) is 20.9. The number of para-hydroxylation sites is 2. The summed E-state index contributed by atoms with van der Waals surface area (Å²) in [7, 11) is 0. The maximum atomic E-state index is 14.1. The lowest BCUT2D eigenvalue weighted by Gasteiger charge is -2.33. The molecule has 0 radical (unpaired) electrons. The smallest absolute Gasteiger partial charge is 0.308 e. The molecule has 5 nitrogen and oxygen atoms in total. The topological polar surface area (TPSA) is 52.7 Å². The van der Waals surface area contributed by atoms with Crippen molar-refractivity contribution in [1.82, 2.24) is 4.90 Å². The Morgan fingerprint density at radius 2 is 1.67 bits per heavy atom. The number of benzene rings is 3. The fraction of sp³-hybridized carbons (Fsp3) is 0.231. The Balaban J connectivity index is 1.56. The third-order valence-corrected chi connectivity index (χ3v) is 7.55. The van der Waals surface area contributed by atoms with Crippen molar-refractivity contribution in [1.29, 1.82) is 0 Å². The van der Waals surface area contributed by atoms with Gasteiger partial charge in [-0.1, -0.05) is 48.5 Å². The van der Waals surface area contributed by atoms with Crippen molar-refractivity contribution in [3.63, 3.8) is 0 Å². The summed E-state index contributed by atoms with van der Waals surface area (Å²) in [5.74, 6) is -0.480. The lowest BCUT2D eigenvalue weighted by Crippen LogP contribution is -2.51. The van der Waals surface area contributed by atoms with Crippen LogP contribution in [0.5, 0.6) is 0 Å². The molecule has 1 atom stereocenters. The molecular formula is C26H24FN3O2S. The molecule has 2 aliphatic rings. The van der Waals surface area contributed by atoms with Crippen LogP contribution in [0.15, 0.2) is 78.9 Å². The van der Waals surface area contributed by atoms with Crippen LogP contribution >= 0.6 is 11.8 Å². The van der Waals surface area contributed by atoms with E-state index < -0.39 is 4.87 Å². The standard InChI is InChI=1S/C26H24FN3O2S/c1-25(2)17-30(24(32)28-20-8-4-3-5-9-20)26(33-25)21-10-6-7-11-22(21)29(23(26)31)16-18-12-14-19(27)15-13-18/h3-15H,16-17H2,1-2H3,(H,28,32). The third kappa shape index (κ3) is 3.66. The van der Waals surface area contributed by atoms with Crippen LogP contribution in [0.25, 0.3) is 0 Å². The monoisotopic (exact) mass is 461 g/mol. The highest BCUT2D eigenvalue weighted by Crippen LogP contribution is 2.59. The molecule has 0 saturated carbocycles. The van der Waals surface area contributed by atoms with E-state index in [-0.39, 0.29) is 22.5 Å². The maximum absolute atomic E-state index is 14.1. The van der Waals surface area contributed by atoms with Crippen LogP contribution in [0, 0.1) is 5.82 Å². The highest BCUT2D eigenvalue weighted by molar-refractivity contribution is 8.02. The minimum absolute atomic E-state index is 0.160. The first-order valence-electron chi connectivity index (χ1n) is 10.8. The first kappa shape index (κ1) is 21.5. The predicted molar refractivity (Wildman–Crippen MR) is 130 cm³/mol. The van der Waals surface area contributed by atoms with Crippen LogP contribution in [0.3, 0.4) is 0 Å². The van der Waals surface area contributed by atoms with Gasteiger partial charge in [0.15, 0.2) is 4.87 Å². The third-order valence-electron chi connectivity index (χ3n) is 5.96. The molecule has 1 unspecified atom stereocenters. The molecule has 1 saturated heterocycles. The van der Waals surface area contributed by atoms with Crippen LogP contribution in [0.4, 0.5) is 20.6 Å². The van der Waals surface area contributed by atoms with Crippen molar-refractivity contribution >= 4 is 35.1 Å². The van der Waals surface area contributed by atoms with Crippen molar-refractivity contribution < 1.29 is 14.0 Å². The number of hydrogen-bond donors (Lipinski definition) is 1. The van der Waals surface area contributed by atoms with Crippen molar-refractivity contribution in [2.45, 2.75) is 30.0 Å². The largest absolute Gasteiger partial charge is 0.323 e. The Kier molecular flexibility index (Phi) is 5.16. The Morgan fingerprint density at radius 3 is 2.39 bits per heavy atom. The molecule has 5 rings (SSSR count). The number of urea groups is 1. The number of anilines is 2. The number of carbonyl (C=O) groups excluding carboxylic acids is 2. The SMILES string of the molecule is CC1(C)CN(C(=O)Nc2ccccc2)C2(S1)C(=O)N(Cc1ccc(F)cc1)c1ccccc12. The molecule has 168 valence electrons. The Labute approximate surface area is 196 Å². The molecule has 33 heavy (non-hydrogen) atoms. The Bertz CT molecular complexity index is 1220. The highest BCUT2D eigenvalue weighted by atomic mass is 32.2. The van der Waals surface area contributed by atoms with Gasteiger partial charge < -0.3 is 10.2 Å². The quantitative estimate of drug-likeness (QED) is 0.554. The lowest BCUT2D eigenvalue weighted by atomic mass is 10.1. The fourth-order valence-electron chi connectivity index (χ4n) is 4.60. The van der Waals surface area contributed by atoms with Gasteiger partial charge in [-0.3, -0.25) is 9.69 Å². The van der Waals surface area contributed by atoms with E-state index in [4.69, 9.17) is 0 Å². The fourth-order valence-corrected chi connectivity index (χ4v) is 6.33. The second-order valence-electron chi connectivity index (χ2n) is 8.92. The molecule has 2 aliphatic heterocycles. The van der Waals surface area contributed by atoms with Crippen LogP contribution in [0.1, 0.15) is 25.0 Å². The van der Waals surface area contributed by atoms with Crippen molar-refractivity contribution in [2.75, 3.05) is 16.8 Å². The van der Waals surface area contributed by atoms with Gasteiger partial charge in [0, 0.05) is 22.5 Å². The number of nitrogens with one attached hydrogen (secondary N) is 1. The Morgan fingerprint density at radius 1 is 1.00 bits per heavy atom. The number of thioether (sulfide) groups is 1. The van der Waals surface area contributed by atoms with E-state index in [0.717, 1.165) is 16.8 Å². The number of fused-ring (bicyclic) bond motifs is 2. The molecule has 1 fully saturated rings. The number of amides is 3. The molecule has 0 bridgehead atoms. The van der Waals surface area contributed by atoms with Gasteiger partial charge >= 0.3 is 6.03 Å². The second kappa shape index (κ2) is 7.92. The predicted octanol–water partition coefficient (Wildman–Crippen LogP) is 5.58. The highest BCUT2D eigenvalue weighted by Gasteiger charge is 2.63. The van der Waals surface area contributed by atoms with E-state index in [1.54, 1.807) is 21.9 Å². The molecule has 3 aromatic carbocycles. The molecule has 3 amide bonds. The lowest BCUT2D eigenvalue weighted by molar-refractivity contribution is -0.123. The van der Waals surface area contributed by atoms with E-state index in [2.05, 4.69) is 5.32 Å². The van der Waals surface area contributed by atoms with Gasteiger partial charge in [-0.2, -0.15) is 0 Å². The van der Waals surface area contributed by atoms with Gasteiger partial charge in [-0.15, -0.1) is 11.8 Å². The summed E-state index contributed by atoms with van der Waals surface area (Å²) in [5.41, 5.74) is 3.07. The van der Waals surface area contributed by atoms with Crippen molar-refractivity contribution in [3.05, 3.63) is 95.8 Å². The zero-order valence-corrected chi connectivity index (χ0v) is 19.2. The summed E-state index contributed by atoms with van der Waals surface area (Å²) in [5, 5.41) is 2.96. The average molecular weight is 462 g/mol. The van der Waals surface area contributed by atoms with Crippen LogP contribution in [-0.2, 0) is 16.2 Å². The van der Waals surface area contributed by atoms with Crippen LogP contribution < -0.4 is 10.2 Å². The van der Waals surface area contributed by atoms with Gasteiger partial charge in [0.05, 0.1) is 12.2 Å². The minimum atomic E-state index is -1.17. The van der Waals surface area contributed by atoms with E-state index in [1.807, 2.05) is 68.4 Å². The number of carbonyl (C=O) groups is 2. The van der Waals surface area contributed by atoms with E-state index in [1.165, 1.54) is 23.9 Å². The number of halogens is 1. The van der Waals surface area contributed by atoms with E-state index in [9.17, 15) is 14.0 Å². The van der Waals surface area contributed by atoms with Crippen molar-refractivity contribution in [3.8, 4) is 0 Å². The maximum Gasteiger partial charge on any atom is 0.323 e. The summed E-state index contributed by atoms with van der Waals surface area (Å²) in [6.07, 6.45) is 0. The molecule has 0 aliphatic carbocycles. The summed E-state index contributed by atoms with van der Waals surface area (Å²) in [6, 6.07) is 22.7. The van der Waals surface area contributed by atoms with E-state index >= 15 is 0 Å². The summed E-state index contributed by atoms with van der Waals surface area (Å²) >= 11 is 1.51. The van der Waals surface area contributed by atoms with E-state index in [0.29, 0.717) is 18.8 Å². The zero-order chi connectivity index (χ0) is 23.2. The van der Waals surface area contributed by atoms with Gasteiger partial charge in [-0.05, 0) is 49.7 Å². The molecule has 1 spiro atoms. The Hall–Kier alpha value is -3.32. The molecule has 3 aromatic rings. The number of rotatable bonds is 3. The molecule has 1 N–H and O–H groups in total. The summed E-state index contributed by atoms with van der Waals surface area (Å²) in [4.78, 5) is 29.8. The summed E-state index contributed by atoms with van der Waals surface area (Å²) < 4.78 is 13.1. The zero-order valence-electron chi connectivity index (χ0n) is 18.4. The molecule has 0 aromatic heterocycles. The first-order chi connectivity index (χ1) is 15.8. The second-order valence-corrected chi connectivity index (χ2v) is 10.8. The number of nitrogens with zero attached hydrogens (tertiary/aromatic N) is 2. The number of hydrogen-bond acceptors (Lipinski definition) is 3. The minimum Gasteiger partial charge on any atom is -0.308 e. The van der Waals surface area contributed by atoms with Crippen molar-refractivity contribution in [2.24, 2.45) is 0 Å². The van der Waals surface area contributed by atoms with Gasteiger partial charge in [0.2, 0.25) is 0 Å². The average Bonchev–Trinajstić information content (AvgIpc) is 3.22. The van der Waals surface area contributed by atoms with Crippen LogP contribution in [0.2, 0.25) is 0 Å². The molecule has 2 heterocycles.